The number of hydrogen-bond donors (Lipinski definition) is 2. The fraction of sp³-hybridized carbons (Fsp3) is 0.310. The molecule has 3 aromatic carbocycles. The molecule has 0 spiro atoms. The van der Waals surface area contributed by atoms with Gasteiger partial charge in [0.25, 0.3) is 0 Å². The highest BCUT2D eigenvalue weighted by Crippen LogP contribution is 2.48. The van der Waals surface area contributed by atoms with Crippen LogP contribution in [0.5, 0.6) is 23.0 Å². The van der Waals surface area contributed by atoms with Crippen LogP contribution in [-0.4, -0.2) is 41.4 Å². The molecule has 0 bridgehead atoms. The molecule has 6 heteroatoms. The van der Waals surface area contributed by atoms with Gasteiger partial charge in [-0.25, -0.2) is 4.39 Å². The summed E-state index contributed by atoms with van der Waals surface area (Å²) in [6.45, 7) is 7.95. The molecule has 0 unspecified atom stereocenters. The lowest BCUT2D eigenvalue weighted by Gasteiger charge is -2.38. The van der Waals surface area contributed by atoms with Gasteiger partial charge in [-0.15, -0.1) is 0 Å². The lowest BCUT2D eigenvalue weighted by molar-refractivity contribution is 0.0806. The molecular weight excluding hydrogens is 445 g/mol. The van der Waals surface area contributed by atoms with E-state index < -0.39 is 11.9 Å². The monoisotopic (exact) mass is 475 g/mol. The second kappa shape index (κ2) is 9.62. The predicted octanol–water partition coefficient (Wildman–Crippen LogP) is 6.02. The van der Waals surface area contributed by atoms with Crippen LogP contribution in [0.1, 0.15) is 43.1 Å². The summed E-state index contributed by atoms with van der Waals surface area (Å²) in [5.41, 5.74) is 3.67. The summed E-state index contributed by atoms with van der Waals surface area (Å²) in [5.74, 6) is 1.05. The van der Waals surface area contributed by atoms with E-state index in [1.54, 1.807) is 18.2 Å². The highest BCUT2D eigenvalue weighted by atomic mass is 19.1. The quantitative estimate of drug-likeness (QED) is 0.437. The van der Waals surface area contributed by atoms with E-state index in [1.165, 1.54) is 12.5 Å². The van der Waals surface area contributed by atoms with E-state index in [-0.39, 0.29) is 17.2 Å². The predicted molar refractivity (Wildman–Crippen MR) is 134 cm³/mol. The van der Waals surface area contributed by atoms with Gasteiger partial charge in [-0.2, -0.15) is 0 Å². The van der Waals surface area contributed by atoms with Gasteiger partial charge >= 0.3 is 0 Å². The van der Waals surface area contributed by atoms with Crippen LogP contribution in [0.2, 0.25) is 0 Å². The SMILES string of the molecule is CCC1CN(CCOc2ccc([C@H]3Oc4c(F)cc(O)cc4C(C)=C3c3cccc(O)c3)cc2)C1. The van der Waals surface area contributed by atoms with Crippen LogP contribution >= 0.6 is 0 Å². The topological polar surface area (TPSA) is 62.2 Å². The molecule has 1 atom stereocenters. The number of likely N-dealkylation sites (tertiary alicyclic amines) is 1. The number of phenolic OH excluding ortho intramolecular Hbond substituents is 2. The summed E-state index contributed by atoms with van der Waals surface area (Å²) in [7, 11) is 0. The lowest BCUT2D eigenvalue weighted by atomic mass is 9.86. The van der Waals surface area contributed by atoms with Crippen LogP contribution in [0.25, 0.3) is 11.1 Å². The summed E-state index contributed by atoms with van der Waals surface area (Å²) in [5, 5.41) is 20.1. The van der Waals surface area contributed by atoms with Gasteiger partial charge in [0.2, 0.25) is 0 Å². The molecule has 2 N–H and O–H groups in total. The average molecular weight is 476 g/mol. The summed E-state index contributed by atoms with van der Waals surface area (Å²) >= 11 is 0. The number of allylic oxidation sites excluding steroid dienone is 1. The summed E-state index contributed by atoms with van der Waals surface area (Å²) in [6.07, 6.45) is 0.639. The van der Waals surface area contributed by atoms with Crippen molar-refractivity contribution in [2.24, 2.45) is 5.92 Å². The fourth-order valence-corrected chi connectivity index (χ4v) is 4.92. The Morgan fingerprint density at radius 1 is 1.03 bits per heavy atom. The summed E-state index contributed by atoms with van der Waals surface area (Å²) in [6, 6.07) is 17.1. The van der Waals surface area contributed by atoms with Gasteiger partial charge in [-0.1, -0.05) is 37.6 Å². The second-order valence-corrected chi connectivity index (χ2v) is 9.34. The summed E-state index contributed by atoms with van der Waals surface area (Å²) in [4.78, 5) is 2.40. The first kappa shape index (κ1) is 23.2. The Morgan fingerprint density at radius 2 is 1.80 bits per heavy atom. The first-order valence-electron chi connectivity index (χ1n) is 12.1. The Hall–Kier alpha value is -3.51. The number of phenols is 2. The number of hydrogen-bond acceptors (Lipinski definition) is 5. The van der Waals surface area contributed by atoms with Crippen molar-refractivity contribution in [3.05, 3.63) is 83.2 Å². The molecule has 182 valence electrons. The minimum absolute atomic E-state index is 0.106. The van der Waals surface area contributed by atoms with Crippen molar-refractivity contribution in [2.75, 3.05) is 26.2 Å². The van der Waals surface area contributed by atoms with Gasteiger partial charge in [-0.3, -0.25) is 4.90 Å². The molecule has 2 aliphatic heterocycles. The number of nitrogens with zero attached hydrogens (tertiary/aromatic N) is 1. The zero-order valence-electron chi connectivity index (χ0n) is 20.0. The Balaban J connectivity index is 1.41. The van der Waals surface area contributed by atoms with Crippen molar-refractivity contribution in [3.63, 3.8) is 0 Å². The highest BCUT2D eigenvalue weighted by molar-refractivity contribution is 5.96. The maximum absolute atomic E-state index is 14.8. The maximum atomic E-state index is 14.8. The van der Waals surface area contributed by atoms with Crippen LogP contribution in [0.3, 0.4) is 0 Å². The molecule has 5 rings (SSSR count). The molecule has 35 heavy (non-hydrogen) atoms. The normalized spacial score (nSPS) is 18.1. The van der Waals surface area contributed by atoms with Crippen molar-refractivity contribution in [1.82, 2.24) is 4.90 Å². The van der Waals surface area contributed by atoms with E-state index in [2.05, 4.69) is 11.8 Å². The molecule has 0 aromatic heterocycles. The van der Waals surface area contributed by atoms with E-state index in [0.29, 0.717) is 12.2 Å². The van der Waals surface area contributed by atoms with E-state index >= 15 is 0 Å². The molecule has 0 amide bonds. The van der Waals surface area contributed by atoms with Crippen LogP contribution in [0.4, 0.5) is 4.39 Å². The van der Waals surface area contributed by atoms with Crippen molar-refractivity contribution < 1.29 is 24.1 Å². The van der Waals surface area contributed by atoms with Crippen LogP contribution in [-0.2, 0) is 0 Å². The maximum Gasteiger partial charge on any atom is 0.169 e. The van der Waals surface area contributed by atoms with Crippen LogP contribution in [0.15, 0.2) is 60.7 Å². The Labute approximate surface area is 205 Å². The molecule has 2 aliphatic rings. The fourth-order valence-electron chi connectivity index (χ4n) is 4.92. The van der Waals surface area contributed by atoms with Gasteiger partial charge in [0.15, 0.2) is 11.6 Å². The minimum atomic E-state index is -0.615. The molecule has 0 radical (unpaired) electrons. The highest BCUT2D eigenvalue weighted by Gasteiger charge is 2.32. The van der Waals surface area contributed by atoms with Gasteiger partial charge in [0, 0.05) is 36.8 Å². The molecule has 1 saturated heterocycles. The second-order valence-electron chi connectivity index (χ2n) is 9.34. The number of aromatic hydroxyl groups is 2. The third-order valence-corrected chi connectivity index (χ3v) is 6.96. The number of benzene rings is 3. The molecular formula is C29H30FNO4. The minimum Gasteiger partial charge on any atom is -0.508 e. The van der Waals surface area contributed by atoms with Crippen molar-refractivity contribution in [2.45, 2.75) is 26.4 Å². The summed E-state index contributed by atoms with van der Waals surface area (Å²) < 4.78 is 26.9. The molecule has 3 aromatic rings. The number of halogens is 1. The Morgan fingerprint density at radius 3 is 2.51 bits per heavy atom. The first-order valence-corrected chi connectivity index (χ1v) is 12.1. The standard InChI is InChI=1S/C29H30FNO4/c1-3-19-16-31(17-19)11-12-34-24-9-7-20(8-10-24)28-27(21-5-4-6-22(32)13-21)18(2)25-14-23(33)15-26(30)29(25)35-28/h4-10,13-15,19,28,32-33H,3,11-12,16-17H2,1-2H3/t28-/m1/s1. The number of rotatable bonds is 7. The van der Waals surface area contributed by atoms with Crippen molar-refractivity contribution >= 4 is 11.1 Å². The van der Waals surface area contributed by atoms with Crippen molar-refractivity contribution in [1.29, 1.82) is 0 Å². The average Bonchev–Trinajstić information content (AvgIpc) is 2.81. The largest absolute Gasteiger partial charge is 0.508 e. The molecule has 5 nitrogen and oxygen atoms in total. The molecule has 1 fully saturated rings. The molecule has 0 aliphatic carbocycles. The Bertz CT molecular complexity index is 1250. The van der Waals surface area contributed by atoms with Crippen LogP contribution in [0, 0.1) is 11.7 Å². The molecule has 0 saturated carbocycles. The first-order chi connectivity index (χ1) is 16.9. The zero-order chi connectivity index (χ0) is 24.5. The number of fused-ring (bicyclic) bond motifs is 1. The third kappa shape index (κ3) is 4.71. The lowest BCUT2D eigenvalue weighted by Crippen LogP contribution is -2.47. The van der Waals surface area contributed by atoms with E-state index in [9.17, 15) is 14.6 Å². The third-order valence-electron chi connectivity index (χ3n) is 6.96. The number of ether oxygens (including phenoxy) is 2. The molecule has 2 heterocycles. The van der Waals surface area contributed by atoms with Crippen molar-refractivity contribution in [3.8, 4) is 23.0 Å². The van der Waals surface area contributed by atoms with E-state index in [1.807, 2.05) is 37.3 Å². The van der Waals surface area contributed by atoms with Gasteiger partial charge in [0.05, 0.1) is 0 Å². The van der Waals surface area contributed by atoms with Gasteiger partial charge < -0.3 is 19.7 Å². The van der Waals surface area contributed by atoms with Gasteiger partial charge in [0.1, 0.15) is 30.0 Å². The van der Waals surface area contributed by atoms with E-state index in [4.69, 9.17) is 9.47 Å². The Kier molecular flexibility index (Phi) is 6.39. The smallest absolute Gasteiger partial charge is 0.169 e. The van der Waals surface area contributed by atoms with E-state index in [0.717, 1.165) is 59.6 Å². The van der Waals surface area contributed by atoms with Gasteiger partial charge in [-0.05, 0) is 59.9 Å². The zero-order valence-corrected chi connectivity index (χ0v) is 20.0. The van der Waals surface area contributed by atoms with Crippen LogP contribution < -0.4 is 9.47 Å².